The van der Waals surface area contributed by atoms with Crippen LogP contribution in [0.4, 0.5) is 4.39 Å². The Hall–Kier alpha value is -1.02. The number of benzene rings is 1. The van der Waals surface area contributed by atoms with Crippen LogP contribution in [0.3, 0.4) is 0 Å². The lowest BCUT2D eigenvalue weighted by Gasteiger charge is -2.32. The van der Waals surface area contributed by atoms with Crippen molar-refractivity contribution in [1.82, 2.24) is 9.62 Å². The predicted molar refractivity (Wildman–Crippen MR) is 95.1 cm³/mol. The van der Waals surface area contributed by atoms with Crippen LogP contribution in [0.2, 0.25) is 0 Å². The molecule has 0 unspecified atom stereocenters. The van der Waals surface area contributed by atoms with Gasteiger partial charge in [0, 0.05) is 25.2 Å². The van der Waals surface area contributed by atoms with Gasteiger partial charge in [0.25, 0.3) is 0 Å². The van der Waals surface area contributed by atoms with Gasteiger partial charge in [0.2, 0.25) is 10.0 Å². The molecular formula is C18H27FN2O3S. The summed E-state index contributed by atoms with van der Waals surface area (Å²) in [5, 5.41) is 14.0. The molecule has 0 aromatic heterocycles. The lowest BCUT2D eigenvalue weighted by Crippen LogP contribution is -2.42. The minimum Gasteiger partial charge on any atom is -0.387 e. The van der Waals surface area contributed by atoms with Gasteiger partial charge < -0.3 is 10.4 Å². The SMILES string of the molecule is CS(=O)(=O)N1CCC[C@@H](C[C@@H]2CC[C@H]([C@H](O)c3cccc(F)c3)N2)C1. The summed E-state index contributed by atoms with van der Waals surface area (Å²) < 4.78 is 38.4. The third kappa shape index (κ3) is 4.78. The highest BCUT2D eigenvalue weighted by atomic mass is 32.2. The Morgan fingerprint density at radius 3 is 2.88 bits per heavy atom. The lowest BCUT2D eigenvalue weighted by molar-refractivity contribution is 0.133. The molecule has 140 valence electrons. The number of nitrogens with one attached hydrogen (secondary N) is 1. The zero-order valence-electron chi connectivity index (χ0n) is 14.6. The molecule has 0 bridgehead atoms. The summed E-state index contributed by atoms with van der Waals surface area (Å²) in [6, 6.07) is 6.30. The first kappa shape index (κ1) is 18.8. The van der Waals surface area contributed by atoms with E-state index in [0.717, 1.165) is 32.1 Å². The second kappa shape index (κ2) is 7.70. The predicted octanol–water partition coefficient (Wildman–Crippen LogP) is 2.04. The van der Waals surface area contributed by atoms with Crippen LogP contribution in [0.1, 0.15) is 43.8 Å². The highest BCUT2D eigenvalue weighted by Gasteiger charge is 2.33. The van der Waals surface area contributed by atoms with Crippen molar-refractivity contribution in [3.8, 4) is 0 Å². The zero-order chi connectivity index (χ0) is 18.0. The molecule has 1 aromatic carbocycles. The number of aliphatic hydroxyl groups is 1. The summed E-state index contributed by atoms with van der Waals surface area (Å²) in [5.74, 6) is 0.0141. The van der Waals surface area contributed by atoms with E-state index in [0.29, 0.717) is 24.6 Å². The van der Waals surface area contributed by atoms with E-state index in [2.05, 4.69) is 5.32 Å². The van der Waals surface area contributed by atoms with Crippen molar-refractivity contribution >= 4 is 10.0 Å². The molecule has 2 aliphatic heterocycles. The molecular weight excluding hydrogens is 343 g/mol. The molecule has 3 rings (SSSR count). The first-order valence-electron chi connectivity index (χ1n) is 8.97. The van der Waals surface area contributed by atoms with E-state index in [1.165, 1.54) is 18.4 Å². The van der Waals surface area contributed by atoms with Crippen LogP contribution in [0.15, 0.2) is 24.3 Å². The smallest absolute Gasteiger partial charge is 0.211 e. The molecule has 2 aliphatic rings. The van der Waals surface area contributed by atoms with Gasteiger partial charge in [-0.1, -0.05) is 12.1 Å². The maximum Gasteiger partial charge on any atom is 0.211 e. The van der Waals surface area contributed by atoms with Crippen LogP contribution < -0.4 is 5.32 Å². The van der Waals surface area contributed by atoms with Gasteiger partial charge in [-0.05, 0) is 55.7 Å². The first-order chi connectivity index (χ1) is 11.8. The van der Waals surface area contributed by atoms with E-state index in [1.54, 1.807) is 16.4 Å². The van der Waals surface area contributed by atoms with Crippen molar-refractivity contribution in [1.29, 1.82) is 0 Å². The van der Waals surface area contributed by atoms with Gasteiger partial charge in [0.05, 0.1) is 12.4 Å². The summed E-state index contributed by atoms with van der Waals surface area (Å²) in [6.07, 6.45) is 5.20. The average Bonchev–Trinajstić information content (AvgIpc) is 3.02. The van der Waals surface area contributed by atoms with Crippen LogP contribution in [-0.2, 0) is 10.0 Å². The minimum absolute atomic E-state index is 0.0820. The van der Waals surface area contributed by atoms with Gasteiger partial charge in [-0.15, -0.1) is 0 Å². The third-order valence-corrected chi connectivity index (χ3v) is 6.69. The number of piperidine rings is 1. The van der Waals surface area contributed by atoms with Crippen LogP contribution in [0.25, 0.3) is 0 Å². The first-order valence-corrected chi connectivity index (χ1v) is 10.8. The quantitative estimate of drug-likeness (QED) is 0.832. The highest BCUT2D eigenvalue weighted by Crippen LogP contribution is 2.30. The third-order valence-electron chi connectivity index (χ3n) is 5.42. The molecule has 0 spiro atoms. The monoisotopic (exact) mass is 370 g/mol. The van der Waals surface area contributed by atoms with Gasteiger partial charge >= 0.3 is 0 Å². The molecule has 25 heavy (non-hydrogen) atoms. The summed E-state index contributed by atoms with van der Waals surface area (Å²) in [6.45, 7) is 1.21. The van der Waals surface area contributed by atoms with Crippen LogP contribution in [0.5, 0.6) is 0 Å². The molecule has 2 fully saturated rings. The molecule has 2 heterocycles. The second-order valence-corrected chi connectivity index (χ2v) is 9.39. The average molecular weight is 370 g/mol. The number of rotatable bonds is 5. The Kier molecular flexibility index (Phi) is 5.78. The van der Waals surface area contributed by atoms with Crippen molar-refractivity contribution in [2.45, 2.75) is 50.3 Å². The van der Waals surface area contributed by atoms with Crippen molar-refractivity contribution in [2.24, 2.45) is 5.92 Å². The van der Waals surface area contributed by atoms with E-state index in [1.807, 2.05) is 0 Å². The molecule has 0 saturated carbocycles. The van der Waals surface area contributed by atoms with Crippen molar-refractivity contribution < 1.29 is 17.9 Å². The van der Waals surface area contributed by atoms with Crippen molar-refractivity contribution in [3.05, 3.63) is 35.6 Å². The Morgan fingerprint density at radius 1 is 1.36 bits per heavy atom. The van der Waals surface area contributed by atoms with E-state index >= 15 is 0 Å². The van der Waals surface area contributed by atoms with E-state index in [4.69, 9.17) is 0 Å². The van der Waals surface area contributed by atoms with E-state index < -0.39 is 16.1 Å². The van der Waals surface area contributed by atoms with Gasteiger partial charge in [-0.25, -0.2) is 17.1 Å². The molecule has 0 radical (unpaired) electrons. The van der Waals surface area contributed by atoms with Crippen LogP contribution >= 0.6 is 0 Å². The highest BCUT2D eigenvalue weighted by molar-refractivity contribution is 7.88. The second-order valence-electron chi connectivity index (χ2n) is 7.41. The molecule has 2 saturated heterocycles. The Morgan fingerprint density at radius 2 is 2.16 bits per heavy atom. The van der Waals surface area contributed by atoms with Gasteiger partial charge in [-0.2, -0.15) is 0 Å². The van der Waals surface area contributed by atoms with Gasteiger partial charge in [0.15, 0.2) is 0 Å². The number of hydrogen-bond donors (Lipinski definition) is 2. The molecule has 7 heteroatoms. The normalized spacial score (nSPS) is 29.6. The maximum absolute atomic E-state index is 13.3. The lowest BCUT2D eigenvalue weighted by atomic mass is 9.92. The fraction of sp³-hybridized carbons (Fsp3) is 0.667. The molecule has 2 N–H and O–H groups in total. The number of halogens is 1. The zero-order valence-corrected chi connectivity index (χ0v) is 15.4. The minimum atomic E-state index is -3.12. The summed E-state index contributed by atoms with van der Waals surface area (Å²) in [4.78, 5) is 0. The Labute approximate surface area is 149 Å². The number of nitrogens with zero attached hydrogens (tertiary/aromatic N) is 1. The summed E-state index contributed by atoms with van der Waals surface area (Å²) >= 11 is 0. The Balaban J connectivity index is 1.54. The van der Waals surface area contributed by atoms with Gasteiger partial charge in [-0.3, -0.25) is 0 Å². The topological polar surface area (TPSA) is 69.6 Å². The van der Waals surface area contributed by atoms with Crippen molar-refractivity contribution in [3.63, 3.8) is 0 Å². The number of aliphatic hydroxyl groups excluding tert-OH is 1. The molecule has 4 atom stereocenters. The van der Waals surface area contributed by atoms with Gasteiger partial charge in [0.1, 0.15) is 5.82 Å². The van der Waals surface area contributed by atoms with E-state index in [9.17, 15) is 17.9 Å². The van der Waals surface area contributed by atoms with E-state index in [-0.39, 0.29) is 17.9 Å². The van der Waals surface area contributed by atoms with Crippen molar-refractivity contribution in [2.75, 3.05) is 19.3 Å². The summed E-state index contributed by atoms with van der Waals surface area (Å²) in [7, 11) is -3.12. The largest absolute Gasteiger partial charge is 0.387 e. The molecule has 0 amide bonds. The van der Waals surface area contributed by atoms with Crippen LogP contribution in [0, 0.1) is 11.7 Å². The fourth-order valence-corrected chi connectivity index (χ4v) is 5.07. The number of sulfonamides is 1. The number of hydrogen-bond acceptors (Lipinski definition) is 4. The molecule has 5 nitrogen and oxygen atoms in total. The Bertz CT molecular complexity index is 697. The molecule has 1 aromatic rings. The summed E-state index contributed by atoms with van der Waals surface area (Å²) in [5.41, 5.74) is 0.596. The van der Waals surface area contributed by atoms with Crippen LogP contribution in [-0.4, -0.2) is 49.3 Å². The fourth-order valence-electron chi connectivity index (χ4n) is 4.13. The maximum atomic E-state index is 13.3. The standard InChI is InChI=1S/C18H27FN2O3S/c1-25(23,24)21-9-3-4-13(12-21)10-16-7-8-17(20-16)18(22)14-5-2-6-15(19)11-14/h2,5-6,11,13,16-18,20,22H,3-4,7-10,12H2,1H3/t13-,16-,17+,18+/m0/s1. The molecule has 0 aliphatic carbocycles.